The van der Waals surface area contributed by atoms with E-state index in [4.69, 9.17) is 9.26 Å². The van der Waals surface area contributed by atoms with Crippen LogP contribution in [0.5, 0.6) is 6.01 Å². The molecular formula is C16H17N5O3. The maximum Gasteiger partial charge on any atom is 0.318 e. The van der Waals surface area contributed by atoms with Crippen LogP contribution in [0.4, 0.5) is 11.5 Å². The van der Waals surface area contributed by atoms with Gasteiger partial charge in [-0.2, -0.15) is 4.98 Å². The Morgan fingerprint density at radius 1 is 1.33 bits per heavy atom. The lowest BCUT2D eigenvalue weighted by atomic mass is 10.1. The summed E-state index contributed by atoms with van der Waals surface area (Å²) in [6.07, 6.45) is 1.61. The van der Waals surface area contributed by atoms with Crippen LogP contribution in [0.1, 0.15) is 5.69 Å². The van der Waals surface area contributed by atoms with Gasteiger partial charge in [0, 0.05) is 19.5 Å². The first-order valence-corrected chi connectivity index (χ1v) is 7.30. The maximum atomic E-state index is 12.4. The molecule has 2 heterocycles. The molecule has 0 radical (unpaired) electrons. The van der Waals surface area contributed by atoms with Gasteiger partial charge in [-0.05, 0) is 12.1 Å². The number of carbonyl (C=O) groups is 1. The molecule has 0 atom stereocenters. The zero-order valence-corrected chi connectivity index (χ0v) is 13.6. The van der Waals surface area contributed by atoms with Crippen molar-refractivity contribution in [3.05, 3.63) is 36.2 Å². The molecular weight excluding hydrogens is 310 g/mol. The monoisotopic (exact) mass is 327 g/mol. The number of carbonyl (C=O) groups excluding carboxylic acids is 1. The van der Waals surface area contributed by atoms with E-state index >= 15 is 0 Å². The fraction of sp³-hybridized carbons (Fsp3) is 0.250. The average molecular weight is 327 g/mol. The third-order valence-corrected chi connectivity index (χ3v) is 3.41. The van der Waals surface area contributed by atoms with E-state index in [9.17, 15) is 4.79 Å². The molecule has 0 aliphatic heterocycles. The van der Waals surface area contributed by atoms with Crippen LogP contribution in [0.15, 0.2) is 35.0 Å². The highest BCUT2D eigenvalue weighted by Gasteiger charge is 2.16. The first kappa shape index (κ1) is 15.7. The second-order valence-electron chi connectivity index (χ2n) is 5.34. The number of amides is 1. The highest BCUT2D eigenvalue weighted by Crippen LogP contribution is 2.24. The molecule has 0 bridgehead atoms. The predicted molar refractivity (Wildman–Crippen MR) is 89.3 cm³/mol. The zero-order chi connectivity index (χ0) is 17.1. The van der Waals surface area contributed by atoms with Gasteiger partial charge in [0.25, 0.3) is 0 Å². The van der Waals surface area contributed by atoms with Crippen LogP contribution in [-0.4, -0.2) is 42.2 Å². The highest BCUT2D eigenvalue weighted by atomic mass is 16.5. The number of para-hydroxylation sites is 1. The number of hydrogen-bond acceptors (Lipinski definition) is 7. The van der Waals surface area contributed by atoms with Gasteiger partial charge in [0.2, 0.25) is 5.91 Å². The molecule has 0 aliphatic carbocycles. The molecule has 8 nitrogen and oxygen atoms in total. The summed E-state index contributed by atoms with van der Waals surface area (Å²) in [7, 11) is 5.13. The zero-order valence-electron chi connectivity index (χ0n) is 13.6. The number of ether oxygens (including phenoxy) is 1. The van der Waals surface area contributed by atoms with Crippen molar-refractivity contribution in [2.24, 2.45) is 0 Å². The lowest BCUT2D eigenvalue weighted by molar-refractivity contribution is -0.115. The first-order valence-electron chi connectivity index (χ1n) is 7.30. The van der Waals surface area contributed by atoms with Crippen molar-refractivity contribution in [2.45, 2.75) is 6.42 Å². The number of aromatic nitrogens is 3. The summed E-state index contributed by atoms with van der Waals surface area (Å²) >= 11 is 0. The molecule has 124 valence electrons. The van der Waals surface area contributed by atoms with Gasteiger partial charge in [-0.3, -0.25) is 4.79 Å². The van der Waals surface area contributed by atoms with E-state index in [0.717, 1.165) is 5.39 Å². The van der Waals surface area contributed by atoms with E-state index in [1.54, 1.807) is 4.90 Å². The summed E-state index contributed by atoms with van der Waals surface area (Å²) in [5.74, 6) is 0.325. The molecule has 0 unspecified atom stereocenters. The average Bonchev–Trinajstić information content (AvgIpc) is 2.98. The standard InChI is InChI=1S/C16H17N5O3/c1-21(2)15-12(9-17-16(19-15)23-3)18-14(22)8-11-10-6-4-5-7-13(10)24-20-11/h4-7,9H,8H2,1-3H3,(H,18,22). The third kappa shape index (κ3) is 3.12. The summed E-state index contributed by atoms with van der Waals surface area (Å²) in [6, 6.07) is 7.65. The largest absolute Gasteiger partial charge is 0.467 e. The second kappa shape index (κ2) is 6.53. The van der Waals surface area contributed by atoms with Gasteiger partial charge in [0.1, 0.15) is 11.4 Å². The second-order valence-corrected chi connectivity index (χ2v) is 5.34. The number of benzene rings is 1. The van der Waals surface area contributed by atoms with Crippen LogP contribution >= 0.6 is 0 Å². The first-order chi connectivity index (χ1) is 11.6. The van der Waals surface area contributed by atoms with Crippen molar-refractivity contribution in [1.82, 2.24) is 15.1 Å². The van der Waals surface area contributed by atoms with Crippen molar-refractivity contribution in [3.63, 3.8) is 0 Å². The molecule has 3 aromatic rings. The van der Waals surface area contributed by atoms with Gasteiger partial charge in [-0.15, -0.1) is 0 Å². The number of hydrogen-bond donors (Lipinski definition) is 1. The van der Waals surface area contributed by atoms with Gasteiger partial charge in [-0.25, -0.2) is 4.98 Å². The molecule has 0 fully saturated rings. The Labute approximate surface area is 138 Å². The minimum absolute atomic E-state index is 0.0932. The van der Waals surface area contributed by atoms with Gasteiger partial charge in [0.05, 0.1) is 19.7 Å². The molecule has 8 heteroatoms. The van der Waals surface area contributed by atoms with Gasteiger partial charge >= 0.3 is 6.01 Å². The Bertz CT molecular complexity index is 875. The minimum Gasteiger partial charge on any atom is -0.467 e. The summed E-state index contributed by atoms with van der Waals surface area (Å²) < 4.78 is 10.2. The maximum absolute atomic E-state index is 12.4. The van der Waals surface area contributed by atoms with E-state index in [0.29, 0.717) is 22.8 Å². The normalized spacial score (nSPS) is 10.6. The van der Waals surface area contributed by atoms with Gasteiger partial charge < -0.3 is 19.5 Å². The molecule has 1 N–H and O–H groups in total. The highest BCUT2D eigenvalue weighted by molar-refractivity contribution is 5.96. The van der Waals surface area contributed by atoms with Crippen LogP contribution in [0.2, 0.25) is 0 Å². The van der Waals surface area contributed by atoms with Crippen molar-refractivity contribution >= 4 is 28.4 Å². The Balaban J connectivity index is 1.80. The SMILES string of the molecule is COc1ncc(NC(=O)Cc2noc3ccccc23)c(N(C)C)n1. The van der Waals surface area contributed by atoms with Crippen molar-refractivity contribution in [2.75, 3.05) is 31.4 Å². The van der Waals surface area contributed by atoms with Crippen LogP contribution in [0.3, 0.4) is 0 Å². The number of nitrogens with one attached hydrogen (secondary N) is 1. The van der Waals surface area contributed by atoms with Crippen LogP contribution in [0.25, 0.3) is 11.0 Å². The van der Waals surface area contributed by atoms with E-state index < -0.39 is 0 Å². The summed E-state index contributed by atoms with van der Waals surface area (Å²) in [5, 5.41) is 7.59. The molecule has 0 spiro atoms. The smallest absolute Gasteiger partial charge is 0.318 e. The molecule has 3 rings (SSSR count). The van der Waals surface area contributed by atoms with E-state index in [2.05, 4.69) is 20.4 Å². The Kier molecular flexibility index (Phi) is 4.28. The quantitative estimate of drug-likeness (QED) is 0.764. The Morgan fingerprint density at radius 3 is 2.88 bits per heavy atom. The van der Waals surface area contributed by atoms with Crippen LogP contribution in [0, 0.1) is 0 Å². The number of rotatable bonds is 5. The van der Waals surface area contributed by atoms with Crippen molar-refractivity contribution < 1.29 is 14.1 Å². The van der Waals surface area contributed by atoms with Crippen molar-refractivity contribution in [1.29, 1.82) is 0 Å². The van der Waals surface area contributed by atoms with Gasteiger partial charge in [0.15, 0.2) is 11.4 Å². The molecule has 0 saturated carbocycles. The fourth-order valence-corrected chi connectivity index (χ4v) is 2.30. The fourth-order valence-electron chi connectivity index (χ4n) is 2.30. The molecule has 0 saturated heterocycles. The Hall–Kier alpha value is -3.16. The third-order valence-electron chi connectivity index (χ3n) is 3.41. The van der Waals surface area contributed by atoms with E-state index in [1.807, 2.05) is 38.4 Å². The van der Waals surface area contributed by atoms with Gasteiger partial charge in [-0.1, -0.05) is 17.3 Å². The lowest BCUT2D eigenvalue weighted by Crippen LogP contribution is -2.20. The van der Waals surface area contributed by atoms with E-state index in [1.165, 1.54) is 13.3 Å². The predicted octanol–water partition coefficient (Wildman–Crippen LogP) is 1.87. The molecule has 1 aromatic carbocycles. The Morgan fingerprint density at radius 2 is 2.12 bits per heavy atom. The number of methoxy groups -OCH3 is 1. The summed E-state index contributed by atoms with van der Waals surface area (Å²) in [5.41, 5.74) is 1.74. The number of nitrogens with zero attached hydrogens (tertiary/aromatic N) is 4. The van der Waals surface area contributed by atoms with Crippen molar-refractivity contribution in [3.8, 4) is 6.01 Å². The molecule has 2 aromatic heterocycles. The van der Waals surface area contributed by atoms with E-state index in [-0.39, 0.29) is 18.3 Å². The van der Waals surface area contributed by atoms with Crippen LogP contribution < -0.4 is 15.0 Å². The minimum atomic E-state index is -0.231. The molecule has 24 heavy (non-hydrogen) atoms. The number of anilines is 2. The molecule has 1 amide bonds. The lowest BCUT2D eigenvalue weighted by Gasteiger charge is -2.16. The summed E-state index contributed by atoms with van der Waals surface area (Å²) in [4.78, 5) is 22.4. The molecule has 0 aliphatic rings. The van der Waals surface area contributed by atoms with Crippen LogP contribution in [-0.2, 0) is 11.2 Å². The topological polar surface area (TPSA) is 93.4 Å². The summed E-state index contributed by atoms with van der Waals surface area (Å²) in [6.45, 7) is 0. The number of fused-ring (bicyclic) bond motifs is 1.